The Hall–Kier alpha value is -0.970. The molecule has 0 aromatic carbocycles. The second-order valence-electron chi connectivity index (χ2n) is 4.83. The first-order valence-electron chi connectivity index (χ1n) is 6.09. The number of amidine groups is 1. The van der Waals surface area contributed by atoms with E-state index in [0.29, 0.717) is 18.0 Å². The van der Waals surface area contributed by atoms with Crippen LogP contribution in [0, 0.1) is 5.92 Å². The Morgan fingerprint density at radius 2 is 2.35 bits per heavy atom. The SMILES string of the molecule is CC(Cn1cccn1)NC1=NC(C(C)C)CS1. The van der Waals surface area contributed by atoms with Crippen molar-refractivity contribution >= 4 is 16.9 Å². The summed E-state index contributed by atoms with van der Waals surface area (Å²) in [4.78, 5) is 4.70. The lowest BCUT2D eigenvalue weighted by Gasteiger charge is -2.14. The van der Waals surface area contributed by atoms with E-state index < -0.39 is 0 Å². The van der Waals surface area contributed by atoms with E-state index in [1.165, 1.54) is 0 Å². The highest BCUT2D eigenvalue weighted by Crippen LogP contribution is 2.22. The zero-order chi connectivity index (χ0) is 12.3. The summed E-state index contributed by atoms with van der Waals surface area (Å²) in [5.41, 5.74) is 0. The second kappa shape index (κ2) is 5.58. The Bertz CT molecular complexity index is 372. The van der Waals surface area contributed by atoms with Crippen LogP contribution in [-0.4, -0.2) is 32.8 Å². The number of nitrogens with one attached hydrogen (secondary N) is 1. The van der Waals surface area contributed by atoms with Crippen molar-refractivity contribution in [2.45, 2.75) is 39.4 Å². The van der Waals surface area contributed by atoms with Gasteiger partial charge in [-0.2, -0.15) is 5.10 Å². The molecule has 2 heterocycles. The maximum atomic E-state index is 4.70. The molecule has 5 heteroatoms. The summed E-state index contributed by atoms with van der Waals surface area (Å²) in [6, 6.07) is 2.77. The number of nitrogens with zero attached hydrogens (tertiary/aromatic N) is 3. The van der Waals surface area contributed by atoms with Gasteiger partial charge < -0.3 is 5.32 Å². The smallest absolute Gasteiger partial charge is 0.157 e. The molecule has 0 aliphatic carbocycles. The van der Waals surface area contributed by atoms with E-state index in [1.807, 2.05) is 34.9 Å². The lowest BCUT2D eigenvalue weighted by Crippen LogP contribution is -2.33. The van der Waals surface area contributed by atoms with Gasteiger partial charge in [0.25, 0.3) is 0 Å². The molecule has 1 aliphatic rings. The Morgan fingerprint density at radius 1 is 1.53 bits per heavy atom. The van der Waals surface area contributed by atoms with E-state index in [2.05, 4.69) is 31.2 Å². The Labute approximate surface area is 107 Å². The molecule has 2 rings (SSSR count). The van der Waals surface area contributed by atoms with E-state index in [4.69, 9.17) is 4.99 Å². The third-order valence-electron chi connectivity index (χ3n) is 2.83. The lowest BCUT2D eigenvalue weighted by molar-refractivity contribution is 0.503. The van der Waals surface area contributed by atoms with Gasteiger partial charge in [-0.25, -0.2) is 0 Å². The van der Waals surface area contributed by atoms with E-state index in [9.17, 15) is 0 Å². The van der Waals surface area contributed by atoms with Gasteiger partial charge in [0.05, 0.1) is 12.6 Å². The van der Waals surface area contributed by atoms with E-state index >= 15 is 0 Å². The van der Waals surface area contributed by atoms with Crippen LogP contribution in [0.1, 0.15) is 20.8 Å². The fourth-order valence-electron chi connectivity index (χ4n) is 1.76. The fraction of sp³-hybridized carbons (Fsp3) is 0.667. The summed E-state index contributed by atoms with van der Waals surface area (Å²) in [5, 5.41) is 8.74. The average Bonchev–Trinajstić information content (AvgIpc) is 2.88. The molecule has 0 saturated carbocycles. The monoisotopic (exact) mass is 252 g/mol. The quantitative estimate of drug-likeness (QED) is 0.891. The zero-order valence-corrected chi connectivity index (χ0v) is 11.4. The molecule has 2 atom stereocenters. The maximum Gasteiger partial charge on any atom is 0.157 e. The summed E-state index contributed by atoms with van der Waals surface area (Å²) in [6.07, 6.45) is 3.79. The molecule has 0 bridgehead atoms. The average molecular weight is 252 g/mol. The van der Waals surface area contributed by atoms with Gasteiger partial charge in [0.15, 0.2) is 5.17 Å². The molecular formula is C12H20N4S. The van der Waals surface area contributed by atoms with Crippen molar-refractivity contribution in [1.82, 2.24) is 15.1 Å². The van der Waals surface area contributed by atoms with Gasteiger partial charge >= 0.3 is 0 Å². The number of aliphatic imine (C=N–C) groups is 1. The van der Waals surface area contributed by atoms with Gasteiger partial charge in [-0.1, -0.05) is 25.6 Å². The maximum absolute atomic E-state index is 4.70. The van der Waals surface area contributed by atoms with Crippen LogP contribution < -0.4 is 5.32 Å². The van der Waals surface area contributed by atoms with Crippen molar-refractivity contribution in [3.8, 4) is 0 Å². The number of hydrogen-bond acceptors (Lipinski definition) is 4. The van der Waals surface area contributed by atoms with Gasteiger partial charge in [-0.3, -0.25) is 9.67 Å². The van der Waals surface area contributed by atoms with Gasteiger partial charge in [0.1, 0.15) is 0 Å². The van der Waals surface area contributed by atoms with Crippen LogP contribution in [0.4, 0.5) is 0 Å². The molecule has 0 spiro atoms. The normalized spacial score (nSPS) is 21.6. The molecule has 1 aromatic rings. The summed E-state index contributed by atoms with van der Waals surface area (Å²) in [5.74, 6) is 1.73. The minimum Gasteiger partial charge on any atom is -0.361 e. The van der Waals surface area contributed by atoms with E-state index in [-0.39, 0.29) is 0 Å². The zero-order valence-electron chi connectivity index (χ0n) is 10.6. The van der Waals surface area contributed by atoms with Gasteiger partial charge in [-0.05, 0) is 18.9 Å². The van der Waals surface area contributed by atoms with Crippen LogP contribution in [0.3, 0.4) is 0 Å². The van der Waals surface area contributed by atoms with Crippen LogP contribution in [0.5, 0.6) is 0 Å². The molecule has 2 unspecified atom stereocenters. The largest absolute Gasteiger partial charge is 0.361 e. The third kappa shape index (κ3) is 3.49. The standard InChI is InChI=1S/C12H20N4S/c1-9(2)11-8-17-12(15-11)14-10(3)7-16-6-4-5-13-16/h4-6,9-11H,7-8H2,1-3H3,(H,14,15). The summed E-state index contributed by atoms with van der Waals surface area (Å²) in [6.45, 7) is 7.49. The van der Waals surface area contributed by atoms with Gasteiger partial charge in [0.2, 0.25) is 0 Å². The molecule has 94 valence electrons. The minimum atomic E-state index is 0.354. The van der Waals surface area contributed by atoms with Gasteiger partial charge in [-0.15, -0.1) is 0 Å². The molecule has 0 amide bonds. The predicted octanol–water partition coefficient (Wildman–Crippen LogP) is 1.99. The van der Waals surface area contributed by atoms with Crippen LogP contribution in [0.15, 0.2) is 23.5 Å². The molecular weight excluding hydrogens is 232 g/mol. The van der Waals surface area contributed by atoms with Gasteiger partial charge in [0, 0.05) is 24.2 Å². The molecule has 4 nitrogen and oxygen atoms in total. The van der Waals surface area contributed by atoms with Crippen molar-refractivity contribution in [2.75, 3.05) is 5.75 Å². The number of hydrogen-bond donors (Lipinski definition) is 1. The van der Waals surface area contributed by atoms with Crippen LogP contribution in [-0.2, 0) is 6.54 Å². The Morgan fingerprint density at radius 3 is 2.94 bits per heavy atom. The summed E-state index contributed by atoms with van der Waals surface area (Å²) >= 11 is 1.83. The fourth-order valence-corrected chi connectivity index (χ4v) is 3.04. The molecule has 1 N–H and O–H groups in total. The van der Waals surface area contributed by atoms with Crippen molar-refractivity contribution in [3.05, 3.63) is 18.5 Å². The lowest BCUT2D eigenvalue weighted by atomic mass is 10.1. The van der Waals surface area contributed by atoms with Crippen molar-refractivity contribution in [1.29, 1.82) is 0 Å². The number of aromatic nitrogens is 2. The minimum absolute atomic E-state index is 0.354. The molecule has 0 radical (unpaired) electrons. The number of thioether (sulfide) groups is 1. The first kappa shape index (κ1) is 12.5. The highest BCUT2D eigenvalue weighted by atomic mass is 32.2. The Balaban J connectivity index is 1.83. The molecule has 17 heavy (non-hydrogen) atoms. The predicted molar refractivity (Wildman–Crippen MR) is 73.3 cm³/mol. The highest BCUT2D eigenvalue weighted by Gasteiger charge is 2.21. The number of rotatable bonds is 4. The molecule has 1 aromatic heterocycles. The van der Waals surface area contributed by atoms with Crippen LogP contribution >= 0.6 is 11.8 Å². The topological polar surface area (TPSA) is 42.2 Å². The highest BCUT2D eigenvalue weighted by molar-refractivity contribution is 8.14. The third-order valence-corrected chi connectivity index (χ3v) is 3.84. The van der Waals surface area contributed by atoms with Crippen LogP contribution in [0.25, 0.3) is 0 Å². The molecule has 1 aliphatic heterocycles. The molecule has 0 saturated heterocycles. The van der Waals surface area contributed by atoms with Crippen LogP contribution in [0.2, 0.25) is 0 Å². The van der Waals surface area contributed by atoms with E-state index in [1.54, 1.807) is 0 Å². The van der Waals surface area contributed by atoms with Crippen molar-refractivity contribution in [3.63, 3.8) is 0 Å². The summed E-state index contributed by atoms with van der Waals surface area (Å²) in [7, 11) is 0. The first-order chi connectivity index (χ1) is 8.15. The van der Waals surface area contributed by atoms with Crippen molar-refractivity contribution in [2.24, 2.45) is 10.9 Å². The van der Waals surface area contributed by atoms with Crippen molar-refractivity contribution < 1.29 is 0 Å². The Kier molecular flexibility index (Phi) is 4.10. The summed E-state index contributed by atoms with van der Waals surface area (Å²) < 4.78 is 1.94. The first-order valence-corrected chi connectivity index (χ1v) is 7.08. The molecule has 0 fully saturated rings. The second-order valence-corrected chi connectivity index (χ2v) is 5.84. The van der Waals surface area contributed by atoms with E-state index in [0.717, 1.165) is 17.5 Å².